The van der Waals surface area contributed by atoms with Crippen molar-refractivity contribution in [2.45, 2.75) is 49.3 Å². The number of allylic oxidation sites excluding steroid dienone is 1. The predicted molar refractivity (Wildman–Crippen MR) is 95.4 cm³/mol. The topological polar surface area (TPSA) is 66.4 Å². The summed E-state index contributed by atoms with van der Waals surface area (Å²) in [5, 5.41) is 10.2. The molecule has 0 saturated carbocycles. The molecule has 1 heterocycles. The van der Waals surface area contributed by atoms with Crippen LogP contribution in [0, 0.1) is 11.8 Å². The molecule has 3 atom stereocenters. The molecule has 0 aliphatic heterocycles. The number of thiophene rings is 1. The average molecular weight is 378 g/mol. The van der Waals surface area contributed by atoms with Gasteiger partial charge in [-0.05, 0) is 50.2 Å². The largest absolute Gasteiger partial charge is 0.393 e. The van der Waals surface area contributed by atoms with Gasteiger partial charge in [-0.1, -0.05) is 30.7 Å². The molecule has 1 unspecified atom stereocenters. The highest BCUT2D eigenvalue weighted by molar-refractivity contribution is 7.91. The molecule has 1 aliphatic rings. The summed E-state index contributed by atoms with van der Waals surface area (Å²) >= 11 is 6.83. The molecule has 0 fully saturated rings. The van der Waals surface area contributed by atoms with Gasteiger partial charge in [0.25, 0.3) is 0 Å². The molecule has 23 heavy (non-hydrogen) atoms. The fraction of sp³-hybridized carbons (Fsp3) is 0.625. The minimum atomic E-state index is -3.48. The first kappa shape index (κ1) is 18.9. The van der Waals surface area contributed by atoms with Gasteiger partial charge in [0.1, 0.15) is 4.21 Å². The van der Waals surface area contributed by atoms with E-state index in [-0.39, 0.29) is 22.1 Å². The molecule has 1 aliphatic carbocycles. The highest BCUT2D eigenvalue weighted by atomic mass is 35.5. The molecule has 2 N–H and O–H groups in total. The van der Waals surface area contributed by atoms with E-state index in [4.69, 9.17) is 11.6 Å². The Morgan fingerprint density at radius 1 is 1.43 bits per heavy atom. The fourth-order valence-corrected chi connectivity index (χ4v) is 5.39. The maximum atomic E-state index is 12.1. The summed E-state index contributed by atoms with van der Waals surface area (Å²) in [6, 6.07) is 3.09. The van der Waals surface area contributed by atoms with E-state index in [1.165, 1.54) is 6.07 Å². The summed E-state index contributed by atoms with van der Waals surface area (Å²) in [7, 11) is -3.48. The molecular weight excluding hydrogens is 354 g/mol. The average Bonchev–Trinajstić information content (AvgIpc) is 2.99. The smallest absolute Gasteiger partial charge is 0.250 e. The van der Waals surface area contributed by atoms with Crippen LogP contribution in [-0.4, -0.2) is 26.2 Å². The zero-order chi connectivity index (χ0) is 16.9. The summed E-state index contributed by atoms with van der Waals surface area (Å²) in [6.07, 6.45) is 8.69. The van der Waals surface area contributed by atoms with Gasteiger partial charge in [0, 0.05) is 12.5 Å². The van der Waals surface area contributed by atoms with Gasteiger partial charge < -0.3 is 5.11 Å². The van der Waals surface area contributed by atoms with Crippen molar-refractivity contribution in [1.82, 2.24) is 4.72 Å². The Morgan fingerprint density at radius 3 is 2.83 bits per heavy atom. The van der Waals surface area contributed by atoms with E-state index in [0.717, 1.165) is 37.0 Å². The van der Waals surface area contributed by atoms with Crippen LogP contribution < -0.4 is 4.72 Å². The lowest BCUT2D eigenvalue weighted by atomic mass is 9.87. The van der Waals surface area contributed by atoms with Gasteiger partial charge in [0.05, 0.1) is 10.4 Å². The third kappa shape index (κ3) is 5.87. The second kappa shape index (κ2) is 8.62. The molecule has 4 nitrogen and oxygen atoms in total. The Kier molecular flexibility index (Phi) is 7.10. The van der Waals surface area contributed by atoms with Crippen molar-refractivity contribution < 1.29 is 13.5 Å². The van der Waals surface area contributed by atoms with Crippen LogP contribution >= 0.6 is 22.9 Å². The molecule has 0 spiro atoms. The van der Waals surface area contributed by atoms with Crippen LogP contribution in [0.1, 0.15) is 39.0 Å². The Hall–Kier alpha value is -0.400. The highest BCUT2D eigenvalue weighted by Gasteiger charge is 2.20. The quantitative estimate of drug-likeness (QED) is 0.677. The Morgan fingerprint density at radius 2 is 2.22 bits per heavy atom. The van der Waals surface area contributed by atoms with Crippen molar-refractivity contribution >= 4 is 33.0 Å². The van der Waals surface area contributed by atoms with Crippen LogP contribution in [0.2, 0.25) is 4.34 Å². The van der Waals surface area contributed by atoms with Crippen LogP contribution in [0.3, 0.4) is 0 Å². The van der Waals surface area contributed by atoms with Gasteiger partial charge in [0.2, 0.25) is 10.0 Å². The van der Waals surface area contributed by atoms with Crippen molar-refractivity contribution in [1.29, 1.82) is 0 Å². The molecule has 1 aromatic rings. The molecule has 7 heteroatoms. The third-order valence-electron chi connectivity index (χ3n) is 4.18. The second-order valence-electron chi connectivity index (χ2n) is 6.18. The fourth-order valence-electron chi connectivity index (χ4n) is 2.70. The highest BCUT2D eigenvalue weighted by Crippen LogP contribution is 2.26. The SMILES string of the molecule is C[C@@H](CCC(O)[C@@H]1C=CCCC1)CNS(=O)(=O)c1ccc(Cl)s1. The molecule has 1 aromatic heterocycles. The minimum Gasteiger partial charge on any atom is -0.393 e. The van der Waals surface area contributed by atoms with Gasteiger partial charge in [-0.3, -0.25) is 0 Å². The zero-order valence-corrected chi connectivity index (χ0v) is 15.6. The van der Waals surface area contributed by atoms with Crippen LogP contribution in [0.25, 0.3) is 0 Å². The van der Waals surface area contributed by atoms with Gasteiger partial charge >= 0.3 is 0 Å². The van der Waals surface area contributed by atoms with Crippen LogP contribution in [0.15, 0.2) is 28.5 Å². The van der Waals surface area contributed by atoms with Gasteiger partial charge in [-0.25, -0.2) is 13.1 Å². The third-order valence-corrected chi connectivity index (χ3v) is 7.32. The first-order valence-corrected chi connectivity index (χ1v) is 10.7. The lowest BCUT2D eigenvalue weighted by Gasteiger charge is -2.23. The first-order valence-electron chi connectivity index (χ1n) is 7.98. The lowest BCUT2D eigenvalue weighted by molar-refractivity contribution is 0.106. The van der Waals surface area contributed by atoms with E-state index in [1.807, 2.05) is 6.92 Å². The van der Waals surface area contributed by atoms with Crippen LogP contribution in [0.4, 0.5) is 0 Å². The van der Waals surface area contributed by atoms with Crippen LogP contribution in [-0.2, 0) is 10.0 Å². The van der Waals surface area contributed by atoms with Crippen molar-refractivity contribution in [2.24, 2.45) is 11.8 Å². The monoisotopic (exact) mass is 377 g/mol. The minimum absolute atomic E-state index is 0.169. The Balaban J connectivity index is 1.75. The number of hydrogen-bond acceptors (Lipinski definition) is 4. The van der Waals surface area contributed by atoms with Gasteiger partial charge in [0.15, 0.2) is 0 Å². The number of aliphatic hydroxyl groups is 1. The van der Waals surface area contributed by atoms with E-state index in [1.54, 1.807) is 6.07 Å². The van der Waals surface area contributed by atoms with Crippen molar-refractivity contribution in [3.63, 3.8) is 0 Å². The van der Waals surface area contributed by atoms with E-state index in [0.29, 0.717) is 17.3 Å². The number of sulfonamides is 1. The Bertz CT molecular complexity index is 627. The van der Waals surface area contributed by atoms with Crippen molar-refractivity contribution in [2.75, 3.05) is 6.54 Å². The Labute approximate surface area is 147 Å². The number of halogens is 1. The first-order chi connectivity index (χ1) is 10.9. The molecular formula is C16H24ClNO3S2. The number of nitrogens with one attached hydrogen (secondary N) is 1. The molecule has 2 rings (SSSR count). The van der Waals surface area contributed by atoms with Gasteiger partial charge in [-0.2, -0.15) is 0 Å². The summed E-state index contributed by atoms with van der Waals surface area (Å²) in [5.41, 5.74) is 0. The lowest BCUT2D eigenvalue weighted by Crippen LogP contribution is -2.29. The number of aliphatic hydroxyl groups excluding tert-OH is 1. The maximum Gasteiger partial charge on any atom is 0.250 e. The summed E-state index contributed by atoms with van der Waals surface area (Å²) < 4.78 is 27.6. The van der Waals surface area contributed by atoms with Gasteiger partial charge in [-0.15, -0.1) is 11.3 Å². The van der Waals surface area contributed by atoms with E-state index < -0.39 is 10.0 Å². The molecule has 0 saturated heterocycles. The molecule has 0 bridgehead atoms. The number of hydrogen-bond donors (Lipinski definition) is 2. The molecule has 130 valence electrons. The number of rotatable bonds is 8. The van der Waals surface area contributed by atoms with Crippen LogP contribution in [0.5, 0.6) is 0 Å². The normalized spacial score (nSPS) is 21.3. The standard InChI is InChI=1S/C16H24ClNO3S2/c1-12(7-8-14(19)13-5-3-2-4-6-13)11-18-23(20,21)16-10-9-15(17)22-16/h3,5,9-10,12-14,18-19H,2,4,6-8,11H2,1H3/t12-,13+,14?/m0/s1. The molecule has 0 radical (unpaired) electrons. The summed E-state index contributed by atoms with van der Waals surface area (Å²) in [6.45, 7) is 2.36. The maximum absolute atomic E-state index is 12.1. The second-order valence-corrected chi connectivity index (χ2v) is 9.89. The predicted octanol–water partition coefficient (Wildman–Crippen LogP) is 3.81. The van der Waals surface area contributed by atoms with Crippen molar-refractivity contribution in [3.05, 3.63) is 28.6 Å². The molecule has 0 aromatic carbocycles. The van der Waals surface area contributed by atoms with E-state index in [2.05, 4.69) is 16.9 Å². The summed E-state index contributed by atoms with van der Waals surface area (Å²) in [5.74, 6) is 0.420. The summed E-state index contributed by atoms with van der Waals surface area (Å²) in [4.78, 5) is 0. The van der Waals surface area contributed by atoms with Crippen molar-refractivity contribution in [3.8, 4) is 0 Å². The molecule has 0 amide bonds. The van der Waals surface area contributed by atoms with E-state index >= 15 is 0 Å². The zero-order valence-electron chi connectivity index (χ0n) is 13.2. The van der Waals surface area contributed by atoms with E-state index in [9.17, 15) is 13.5 Å².